The fourth-order valence-electron chi connectivity index (χ4n) is 0.204. The second-order valence-corrected chi connectivity index (χ2v) is 1.08. The molecule has 0 heterocycles. The fraction of sp³-hybridized carbons (Fsp3) is 0.600. The molecule has 0 bridgehead atoms. The van der Waals surface area contributed by atoms with E-state index in [1.54, 1.807) is 0 Å². The van der Waals surface area contributed by atoms with Gasteiger partial charge in [0.25, 0.3) is 0 Å². The van der Waals surface area contributed by atoms with E-state index in [2.05, 4.69) is 36.9 Å². The van der Waals surface area contributed by atoms with E-state index in [-0.39, 0.29) is 0 Å². The van der Waals surface area contributed by atoms with Gasteiger partial charge in [0.05, 0.1) is 0 Å². The van der Waals surface area contributed by atoms with Crippen molar-refractivity contribution in [2.45, 2.75) is 19.8 Å². The Kier molecular flexibility index (Phi) is 86.7. The summed E-state index contributed by atoms with van der Waals surface area (Å²) in [4.78, 5) is 0. The molecule has 0 aliphatic carbocycles. The number of unbranched alkanes of at least 4 members (excludes halogenated alkanes) is 1. The smallest absolute Gasteiger partial charge is 0.0356 e. The molecule has 0 radical (unpaired) electrons. The zero-order chi connectivity index (χ0) is 8.12. The Bertz CT molecular complexity index is 30.1. The third-order valence-electron chi connectivity index (χ3n) is 0.493. The van der Waals surface area contributed by atoms with E-state index in [0.717, 1.165) is 6.42 Å². The van der Waals surface area contributed by atoms with Crippen LogP contribution < -0.4 is 23.4 Å². The molecular weight excluding hydrogens is 116 g/mol. The first kappa shape index (κ1) is 15.8. The van der Waals surface area contributed by atoms with Gasteiger partial charge in [-0.1, -0.05) is 19.4 Å². The molecule has 0 aromatic carbocycles. The van der Waals surface area contributed by atoms with Crippen molar-refractivity contribution >= 4 is 0 Å². The number of hydrogen-bond acceptors (Lipinski definition) is 4. The monoisotopic (exact) mass is 134 g/mol. The SMILES string of the molecule is C=CCCC.NN.NN. The van der Waals surface area contributed by atoms with Crippen LogP contribution in [0.4, 0.5) is 0 Å². The maximum absolute atomic E-state index is 4.00. The summed E-state index contributed by atoms with van der Waals surface area (Å²) < 4.78 is 0. The molecule has 58 valence electrons. The molecule has 8 N–H and O–H groups in total. The van der Waals surface area contributed by atoms with E-state index in [4.69, 9.17) is 0 Å². The van der Waals surface area contributed by atoms with Crippen molar-refractivity contribution in [1.82, 2.24) is 0 Å². The molecule has 0 saturated carbocycles. The van der Waals surface area contributed by atoms with Gasteiger partial charge in [0.15, 0.2) is 0 Å². The molecule has 0 fully saturated rings. The first-order valence-corrected chi connectivity index (χ1v) is 2.69. The topological polar surface area (TPSA) is 104 Å². The molecule has 9 heavy (non-hydrogen) atoms. The van der Waals surface area contributed by atoms with Crippen LogP contribution in [0.3, 0.4) is 0 Å². The molecule has 0 saturated heterocycles. The largest absolute Gasteiger partial charge is 0.274 e. The molecule has 0 unspecified atom stereocenters. The van der Waals surface area contributed by atoms with Crippen LogP contribution in [0.1, 0.15) is 19.8 Å². The molecule has 0 rings (SSSR count). The standard InChI is InChI=1S/C5H10.2H4N2/c1-3-5-4-2;2*1-2/h3H,1,4-5H2,2H3;2*1-2H2. The highest BCUT2D eigenvalue weighted by atomic mass is 15.0. The van der Waals surface area contributed by atoms with Gasteiger partial charge < -0.3 is 0 Å². The van der Waals surface area contributed by atoms with Gasteiger partial charge >= 0.3 is 0 Å². The van der Waals surface area contributed by atoms with E-state index in [1.807, 2.05) is 6.08 Å². The summed E-state index contributed by atoms with van der Waals surface area (Å²) in [6.45, 7) is 5.69. The summed E-state index contributed by atoms with van der Waals surface area (Å²) in [5.41, 5.74) is 0. The second-order valence-electron chi connectivity index (χ2n) is 1.08. The third-order valence-corrected chi connectivity index (χ3v) is 0.493. The zero-order valence-electron chi connectivity index (χ0n) is 6.01. The highest BCUT2D eigenvalue weighted by Gasteiger charge is 1.61. The Morgan fingerprint density at radius 2 is 1.56 bits per heavy atom. The Morgan fingerprint density at radius 1 is 1.22 bits per heavy atom. The van der Waals surface area contributed by atoms with Crippen molar-refractivity contribution in [3.8, 4) is 0 Å². The second kappa shape index (κ2) is 49.3. The minimum Gasteiger partial charge on any atom is -0.274 e. The van der Waals surface area contributed by atoms with E-state index in [0.29, 0.717) is 0 Å². The maximum Gasteiger partial charge on any atom is -0.0356 e. The Labute approximate surface area is 56.8 Å². The van der Waals surface area contributed by atoms with Gasteiger partial charge in [0.1, 0.15) is 0 Å². The number of hydrogen-bond donors (Lipinski definition) is 4. The van der Waals surface area contributed by atoms with Crippen LogP contribution >= 0.6 is 0 Å². The van der Waals surface area contributed by atoms with Gasteiger partial charge in [-0.05, 0) is 6.42 Å². The van der Waals surface area contributed by atoms with Gasteiger partial charge in [-0.15, -0.1) is 6.58 Å². The van der Waals surface area contributed by atoms with Gasteiger partial charge in [-0.25, -0.2) is 0 Å². The molecule has 0 atom stereocenters. The molecule has 4 heteroatoms. The molecule has 0 spiro atoms. The highest BCUT2D eigenvalue weighted by Crippen LogP contribution is 1.82. The van der Waals surface area contributed by atoms with Crippen LogP contribution in [0.25, 0.3) is 0 Å². The normalized spacial score (nSPS) is 5.44. The summed E-state index contributed by atoms with van der Waals surface area (Å²) >= 11 is 0. The van der Waals surface area contributed by atoms with E-state index in [9.17, 15) is 0 Å². The number of hydrazine groups is 2. The summed E-state index contributed by atoms with van der Waals surface area (Å²) in [6, 6.07) is 0. The lowest BCUT2D eigenvalue weighted by molar-refractivity contribution is 0.961. The van der Waals surface area contributed by atoms with Crippen molar-refractivity contribution in [1.29, 1.82) is 0 Å². The minimum atomic E-state index is 1.15. The molecule has 0 aromatic heterocycles. The van der Waals surface area contributed by atoms with E-state index >= 15 is 0 Å². The zero-order valence-corrected chi connectivity index (χ0v) is 6.01. The predicted molar refractivity (Wildman–Crippen MR) is 41.9 cm³/mol. The number of nitrogens with two attached hydrogens (primary N) is 4. The molecule has 0 aliphatic heterocycles. The lowest BCUT2D eigenvalue weighted by Gasteiger charge is -1.72. The molecular formula is C5H18N4. The van der Waals surface area contributed by atoms with Crippen LogP contribution in [0.2, 0.25) is 0 Å². The fourth-order valence-corrected chi connectivity index (χ4v) is 0.204. The van der Waals surface area contributed by atoms with Crippen LogP contribution in [-0.2, 0) is 0 Å². The molecule has 0 aliphatic rings. The van der Waals surface area contributed by atoms with Gasteiger partial charge in [-0.3, -0.25) is 23.4 Å². The van der Waals surface area contributed by atoms with Crippen LogP contribution in [0, 0.1) is 0 Å². The lowest BCUT2D eigenvalue weighted by atomic mass is 10.3. The number of allylic oxidation sites excluding steroid dienone is 1. The average Bonchev–Trinajstić information content (AvgIpc) is 1.98. The van der Waals surface area contributed by atoms with Gasteiger partial charge in [0.2, 0.25) is 0 Å². The molecule has 0 amide bonds. The van der Waals surface area contributed by atoms with Crippen molar-refractivity contribution in [2.75, 3.05) is 0 Å². The van der Waals surface area contributed by atoms with Crippen LogP contribution in [0.15, 0.2) is 12.7 Å². The average molecular weight is 134 g/mol. The summed E-state index contributed by atoms with van der Waals surface area (Å²) in [5, 5.41) is 0. The first-order valence-electron chi connectivity index (χ1n) is 2.69. The van der Waals surface area contributed by atoms with Crippen LogP contribution in [0.5, 0.6) is 0 Å². The summed E-state index contributed by atoms with van der Waals surface area (Å²) in [6.07, 6.45) is 4.31. The third kappa shape index (κ3) is 94.5. The van der Waals surface area contributed by atoms with E-state index in [1.165, 1.54) is 6.42 Å². The van der Waals surface area contributed by atoms with Crippen LogP contribution in [-0.4, -0.2) is 0 Å². The first-order chi connectivity index (χ1) is 4.41. The predicted octanol–water partition coefficient (Wildman–Crippen LogP) is -0.390. The highest BCUT2D eigenvalue weighted by molar-refractivity contribution is 4.63. The van der Waals surface area contributed by atoms with Crippen molar-refractivity contribution in [2.24, 2.45) is 23.4 Å². The van der Waals surface area contributed by atoms with Crippen molar-refractivity contribution in [3.05, 3.63) is 12.7 Å². The maximum atomic E-state index is 4.00. The van der Waals surface area contributed by atoms with Crippen molar-refractivity contribution in [3.63, 3.8) is 0 Å². The molecule has 4 nitrogen and oxygen atoms in total. The van der Waals surface area contributed by atoms with E-state index < -0.39 is 0 Å². The summed E-state index contributed by atoms with van der Waals surface area (Å²) in [5.74, 6) is 16.0. The lowest BCUT2D eigenvalue weighted by Crippen LogP contribution is -2.02. The molecule has 0 aromatic rings. The van der Waals surface area contributed by atoms with Crippen molar-refractivity contribution < 1.29 is 0 Å². The van der Waals surface area contributed by atoms with Gasteiger partial charge in [0, 0.05) is 0 Å². The Balaban J connectivity index is -0.0000000771. The summed E-state index contributed by atoms with van der Waals surface area (Å²) in [7, 11) is 0. The Morgan fingerprint density at radius 3 is 1.56 bits per heavy atom. The quantitative estimate of drug-likeness (QED) is 0.234. The minimum absolute atomic E-state index is 1.15. The van der Waals surface area contributed by atoms with Gasteiger partial charge in [-0.2, -0.15) is 0 Å². The number of rotatable bonds is 2. The Hall–Kier alpha value is -0.420.